The zero-order valence-corrected chi connectivity index (χ0v) is 17.0. The van der Waals surface area contributed by atoms with Crippen LogP contribution in [0.25, 0.3) is 0 Å². The third-order valence-corrected chi connectivity index (χ3v) is 7.23. The Morgan fingerprint density at radius 2 is 2.11 bits per heavy atom. The summed E-state index contributed by atoms with van der Waals surface area (Å²) in [7, 11) is -3.88. The van der Waals surface area contributed by atoms with E-state index >= 15 is 0 Å². The Labute approximate surface area is 166 Å². The minimum Gasteiger partial charge on any atom is -0.354 e. The van der Waals surface area contributed by atoms with Gasteiger partial charge in [0, 0.05) is 19.6 Å². The van der Waals surface area contributed by atoms with E-state index in [1.807, 2.05) is 0 Å². The molecule has 1 amide bonds. The third-order valence-electron chi connectivity index (χ3n) is 5.19. The molecule has 2 aliphatic rings. The molecule has 2 atom stereocenters. The summed E-state index contributed by atoms with van der Waals surface area (Å²) in [5.74, 6) is -0.698. The van der Waals surface area contributed by atoms with Crippen molar-refractivity contribution < 1.29 is 17.6 Å². The molecule has 2 aliphatic heterocycles. The summed E-state index contributed by atoms with van der Waals surface area (Å²) < 4.78 is 41.3. The maximum absolute atomic E-state index is 14.2. The highest BCUT2D eigenvalue weighted by atomic mass is 35.5. The van der Waals surface area contributed by atoms with Gasteiger partial charge >= 0.3 is 0 Å². The maximum Gasteiger partial charge on any atom is 0.246 e. The van der Waals surface area contributed by atoms with Gasteiger partial charge in [-0.05, 0) is 56.7 Å². The fourth-order valence-electron chi connectivity index (χ4n) is 3.76. The van der Waals surface area contributed by atoms with Crippen molar-refractivity contribution in [3.63, 3.8) is 0 Å². The van der Waals surface area contributed by atoms with E-state index in [0.717, 1.165) is 25.8 Å². The van der Waals surface area contributed by atoms with Crippen LogP contribution in [0.3, 0.4) is 0 Å². The Kier molecular flexibility index (Phi) is 7.62. The first-order valence-electron chi connectivity index (χ1n) is 9.16. The molecule has 2 fully saturated rings. The van der Waals surface area contributed by atoms with E-state index in [0.29, 0.717) is 31.6 Å². The average molecular weight is 420 g/mol. The van der Waals surface area contributed by atoms with Crippen LogP contribution in [0, 0.1) is 18.7 Å². The lowest BCUT2D eigenvalue weighted by Gasteiger charge is -2.32. The summed E-state index contributed by atoms with van der Waals surface area (Å²) in [4.78, 5) is 11.9. The Balaban J connectivity index is 0.00000261. The van der Waals surface area contributed by atoms with Crippen LogP contribution in [0.2, 0.25) is 0 Å². The SMILES string of the molecule is Cc1cccc(F)c1S(=O)(=O)N1CCCC(CNC(=O)C2CCCN2)C1.Cl. The van der Waals surface area contributed by atoms with Crippen molar-refractivity contribution in [1.29, 1.82) is 0 Å². The molecule has 6 nitrogen and oxygen atoms in total. The Morgan fingerprint density at radius 1 is 1.33 bits per heavy atom. The van der Waals surface area contributed by atoms with Gasteiger partial charge in [0.15, 0.2) is 0 Å². The molecular weight excluding hydrogens is 393 g/mol. The van der Waals surface area contributed by atoms with Gasteiger partial charge in [0.05, 0.1) is 6.04 Å². The highest BCUT2D eigenvalue weighted by Crippen LogP contribution is 2.27. The van der Waals surface area contributed by atoms with E-state index in [9.17, 15) is 17.6 Å². The first-order chi connectivity index (χ1) is 12.4. The summed E-state index contributed by atoms with van der Waals surface area (Å²) in [5.41, 5.74) is 0.410. The van der Waals surface area contributed by atoms with Crippen molar-refractivity contribution in [2.75, 3.05) is 26.2 Å². The number of aryl methyl sites for hydroxylation is 1. The quantitative estimate of drug-likeness (QED) is 0.763. The van der Waals surface area contributed by atoms with Crippen molar-refractivity contribution in [2.24, 2.45) is 5.92 Å². The van der Waals surface area contributed by atoms with E-state index in [4.69, 9.17) is 0 Å². The Morgan fingerprint density at radius 3 is 2.78 bits per heavy atom. The van der Waals surface area contributed by atoms with E-state index in [1.54, 1.807) is 13.0 Å². The van der Waals surface area contributed by atoms with Gasteiger partial charge < -0.3 is 10.6 Å². The van der Waals surface area contributed by atoms with Crippen molar-refractivity contribution in [3.05, 3.63) is 29.6 Å². The molecule has 9 heteroatoms. The second-order valence-corrected chi connectivity index (χ2v) is 9.03. The van der Waals surface area contributed by atoms with E-state index in [2.05, 4.69) is 10.6 Å². The van der Waals surface area contributed by atoms with Gasteiger partial charge in [-0.3, -0.25) is 4.79 Å². The van der Waals surface area contributed by atoms with Crippen LogP contribution < -0.4 is 10.6 Å². The van der Waals surface area contributed by atoms with Gasteiger partial charge in [0.1, 0.15) is 10.7 Å². The van der Waals surface area contributed by atoms with Crippen LogP contribution in [-0.2, 0) is 14.8 Å². The van der Waals surface area contributed by atoms with Gasteiger partial charge in [-0.25, -0.2) is 12.8 Å². The molecule has 0 saturated carbocycles. The minimum atomic E-state index is -3.88. The van der Waals surface area contributed by atoms with Gasteiger partial charge in [0.2, 0.25) is 15.9 Å². The highest BCUT2D eigenvalue weighted by molar-refractivity contribution is 7.89. The number of rotatable bonds is 5. The van der Waals surface area contributed by atoms with Gasteiger partial charge in [-0.2, -0.15) is 4.31 Å². The monoisotopic (exact) mass is 419 g/mol. The molecule has 2 heterocycles. The van der Waals surface area contributed by atoms with E-state index < -0.39 is 15.8 Å². The highest BCUT2D eigenvalue weighted by Gasteiger charge is 2.33. The number of carbonyl (C=O) groups excluding carboxylic acids is 1. The van der Waals surface area contributed by atoms with Gasteiger partial charge in [-0.1, -0.05) is 12.1 Å². The van der Waals surface area contributed by atoms with Crippen LogP contribution in [0.1, 0.15) is 31.2 Å². The molecule has 152 valence electrons. The second-order valence-electron chi connectivity index (χ2n) is 7.15. The lowest BCUT2D eigenvalue weighted by molar-refractivity contribution is -0.123. The zero-order chi connectivity index (χ0) is 18.7. The number of amides is 1. The van der Waals surface area contributed by atoms with Crippen molar-refractivity contribution in [1.82, 2.24) is 14.9 Å². The van der Waals surface area contributed by atoms with Crippen LogP contribution in [-0.4, -0.2) is 50.9 Å². The molecule has 0 radical (unpaired) electrons. The number of sulfonamides is 1. The summed E-state index contributed by atoms with van der Waals surface area (Å²) >= 11 is 0. The molecular formula is C18H27ClFN3O3S. The molecule has 2 unspecified atom stereocenters. The molecule has 2 saturated heterocycles. The summed E-state index contributed by atoms with van der Waals surface area (Å²) in [6.07, 6.45) is 3.38. The molecule has 1 aromatic rings. The smallest absolute Gasteiger partial charge is 0.246 e. The molecule has 27 heavy (non-hydrogen) atoms. The van der Waals surface area contributed by atoms with Crippen LogP contribution in [0.15, 0.2) is 23.1 Å². The van der Waals surface area contributed by atoms with Crippen molar-refractivity contribution >= 4 is 28.3 Å². The molecule has 0 bridgehead atoms. The van der Waals surface area contributed by atoms with Crippen molar-refractivity contribution in [2.45, 2.75) is 43.5 Å². The lowest BCUT2D eigenvalue weighted by Crippen LogP contribution is -2.46. The number of nitrogens with one attached hydrogen (secondary N) is 2. The molecule has 0 spiro atoms. The fraction of sp³-hybridized carbons (Fsp3) is 0.611. The predicted octanol–water partition coefficient (Wildman–Crippen LogP) is 1.82. The summed E-state index contributed by atoms with van der Waals surface area (Å²) in [6, 6.07) is 4.15. The number of piperidine rings is 1. The summed E-state index contributed by atoms with van der Waals surface area (Å²) in [6.45, 7) is 3.58. The van der Waals surface area contributed by atoms with E-state index in [1.165, 1.54) is 16.4 Å². The molecule has 3 rings (SSSR count). The fourth-order valence-corrected chi connectivity index (χ4v) is 5.58. The molecule has 0 aromatic heterocycles. The zero-order valence-electron chi connectivity index (χ0n) is 15.4. The minimum absolute atomic E-state index is 0. The largest absolute Gasteiger partial charge is 0.354 e. The third kappa shape index (κ3) is 4.99. The number of halogens is 2. The van der Waals surface area contributed by atoms with Crippen molar-refractivity contribution in [3.8, 4) is 0 Å². The topological polar surface area (TPSA) is 78.5 Å². The average Bonchev–Trinajstić information content (AvgIpc) is 3.14. The number of hydrogen-bond donors (Lipinski definition) is 2. The Hall–Kier alpha value is -1.22. The lowest BCUT2D eigenvalue weighted by atomic mass is 9.99. The first kappa shape index (κ1) is 22.1. The number of benzene rings is 1. The Bertz CT molecular complexity index is 749. The second kappa shape index (κ2) is 9.32. The van der Waals surface area contributed by atoms with E-state index in [-0.39, 0.29) is 35.2 Å². The number of nitrogens with zero attached hydrogens (tertiary/aromatic N) is 1. The standard InChI is InChI=1S/C18H26FN3O3S.ClH/c1-13-5-2-7-15(19)17(13)26(24,25)22-10-4-6-14(12-22)11-21-18(23)16-8-3-9-20-16;/h2,5,7,14,16,20H,3-4,6,8-12H2,1H3,(H,21,23);1H. The molecule has 0 aliphatic carbocycles. The number of hydrogen-bond acceptors (Lipinski definition) is 4. The normalized spacial score (nSPS) is 23.6. The molecule has 2 N–H and O–H groups in total. The number of carbonyl (C=O) groups is 1. The van der Waals surface area contributed by atoms with Crippen LogP contribution >= 0.6 is 12.4 Å². The maximum atomic E-state index is 14.2. The van der Waals surface area contributed by atoms with Gasteiger partial charge in [0.25, 0.3) is 0 Å². The predicted molar refractivity (Wildman–Crippen MR) is 104 cm³/mol. The van der Waals surface area contributed by atoms with Crippen LogP contribution in [0.5, 0.6) is 0 Å². The van der Waals surface area contributed by atoms with Crippen LogP contribution in [0.4, 0.5) is 4.39 Å². The van der Waals surface area contributed by atoms with Gasteiger partial charge in [-0.15, -0.1) is 12.4 Å². The molecule has 1 aromatic carbocycles. The summed E-state index contributed by atoms with van der Waals surface area (Å²) in [5, 5.41) is 6.08. The first-order valence-corrected chi connectivity index (χ1v) is 10.6.